The summed E-state index contributed by atoms with van der Waals surface area (Å²) in [5.74, 6) is 0.298. The Kier molecular flexibility index (Phi) is 6.07. The number of thioether (sulfide) groups is 1. The molecule has 2 fully saturated rings. The molecule has 11 heteroatoms. The number of likely N-dealkylation sites (tertiary alicyclic amines) is 1. The number of carbonyl (C=O) groups excluding carboxylic acids is 2. The van der Waals surface area contributed by atoms with E-state index < -0.39 is 32.0 Å². The highest BCUT2D eigenvalue weighted by atomic mass is 32.2. The van der Waals surface area contributed by atoms with Crippen LogP contribution in [0.5, 0.6) is 0 Å². The molecule has 1 spiro atoms. The zero-order valence-electron chi connectivity index (χ0n) is 17.9. The first-order valence-corrected chi connectivity index (χ1v) is 11.5. The van der Waals surface area contributed by atoms with Gasteiger partial charge >= 0.3 is 0 Å². The van der Waals surface area contributed by atoms with Crippen LogP contribution >= 0.6 is 11.8 Å². The molecule has 0 aliphatic carbocycles. The summed E-state index contributed by atoms with van der Waals surface area (Å²) in [6.07, 6.45) is 1.11. The highest BCUT2D eigenvalue weighted by Crippen LogP contribution is 2.45. The number of benzene rings is 2. The molecule has 0 radical (unpaired) electrons. The Hall–Kier alpha value is -3.47. The van der Waals surface area contributed by atoms with Crippen LogP contribution in [0.15, 0.2) is 42.5 Å². The lowest BCUT2D eigenvalue weighted by molar-refractivity contribution is -0.394. The van der Waals surface area contributed by atoms with Gasteiger partial charge in [0.05, 0.1) is 26.3 Å². The van der Waals surface area contributed by atoms with E-state index in [0.717, 1.165) is 29.5 Å². The van der Waals surface area contributed by atoms with Crippen molar-refractivity contribution in [2.24, 2.45) is 0 Å². The summed E-state index contributed by atoms with van der Waals surface area (Å²) in [5.41, 5.74) is 0.500. The smallest absolute Gasteiger partial charge is 0.277 e. The van der Waals surface area contributed by atoms with Crippen LogP contribution in [0.2, 0.25) is 0 Å². The largest absolute Gasteiger partial charge is 0.338 e. The number of piperidine rings is 1. The predicted octanol–water partition coefficient (Wildman–Crippen LogP) is 3.63. The Labute approximate surface area is 193 Å². The molecule has 2 aliphatic heterocycles. The third-order valence-electron chi connectivity index (χ3n) is 6.20. The molecule has 0 N–H and O–H groups in total. The summed E-state index contributed by atoms with van der Waals surface area (Å²) in [6, 6.07) is 10.4. The number of amides is 2. The Bertz CT molecular complexity index is 1110. The lowest BCUT2D eigenvalue weighted by atomic mass is 9.99. The van der Waals surface area contributed by atoms with E-state index >= 15 is 0 Å². The van der Waals surface area contributed by atoms with Gasteiger partial charge in [-0.1, -0.05) is 18.2 Å². The van der Waals surface area contributed by atoms with E-state index in [0.29, 0.717) is 38.0 Å². The van der Waals surface area contributed by atoms with Gasteiger partial charge in [-0.25, -0.2) is 0 Å². The van der Waals surface area contributed by atoms with Crippen molar-refractivity contribution in [3.05, 3.63) is 79.4 Å². The molecule has 0 atom stereocenters. The van der Waals surface area contributed by atoms with Gasteiger partial charge in [-0.05, 0) is 31.4 Å². The van der Waals surface area contributed by atoms with Gasteiger partial charge in [0.15, 0.2) is 0 Å². The van der Waals surface area contributed by atoms with Crippen molar-refractivity contribution in [3.63, 3.8) is 0 Å². The van der Waals surface area contributed by atoms with Crippen molar-refractivity contribution in [2.75, 3.05) is 25.4 Å². The topological polar surface area (TPSA) is 127 Å². The first-order chi connectivity index (χ1) is 15.7. The van der Waals surface area contributed by atoms with E-state index in [9.17, 15) is 29.8 Å². The molecule has 4 rings (SSSR count). The van der Waals surface area contributed by atoms with Crippen LogP contribution in [0.3, 0.4) is 0 Å². The quantitative estimate of drug-likeness (QED) is 0.493. The number of nitro benzene ring substituents is 2. The Balaban J connectivity index is 1.52. The molecule has 2 amide bonds. The van der Waals surface area contributed by atoms with Crippen molar-refractivity contribution in [2.45, 2.75) is 24.6 Å². The fourth-order valence-corrected chi connectivity index (χ4v) is 5.89. The monoisotopic (exact) mass is 470 g/mol. The number of carbonyl (C=O) groups is 2. The Morgan fingerprint density at radius 3 is 2.12 bits per heavy atom. The molecule has 2 heterocycles. The minimum Gasteiger partial charge on any atom is -0.338 e. The van der Waals surface area contributed by atoms with E-state index in [4.69, 9.17) is 0 Å². The van der Waals surface area contributed by atoms with Crippen LogP contribution in [-0.2, 0) is 0 Å². The summed E-state index contributed by atoms with van der Waals surface area (Å²) >= 11 is 1.71. The van der Waals surface area contributed by atoms with Crippen molar-refractivity contribution in [1.82, 2.24) is 9.80 Å². The van der Waals surface area contributed by atoms with Gasteiger partial charge in [0.1, 0.15) is 0 Å². The zero-order valence-corrected chi connectivity index (χ0v) is 18.7. The summed E-state index contributed by atoms with van der Waals surface area (Å²) in [7, 11) is 0. The van der Waals surface area contributed by atoms with Gasteiger partial charge in [0.2, 0.25) is 0 Å². The number of aryl methyl sites for hydroxylation is 1. The minimum absolute atomic E-state index is 0.0211. The van der Waals surface area contributed by atoms with Gasteiger partial charge in [-0.3, -0.25) is 29.8 Å². The number of hydrogen-bond donors (Lipinski definition) is 0. The molecule has 0 bridgehead atoms. The molecule has 0 aromatic heterocycles. The second-order valence-corrected chi connectivity index (χ2v) is 9.57. The van der Waals surface area contributed by atoms with Crippen LogP contribution in [0.1, 0.15) is 39.1 Å². The Morgan fingerprint density at radius 2 is 1.55 bits per heavy atom. The number of nitrogens with zero attached hydrogens (tertiary/aromatic N) is 4. The van der Waals surface area contributed by atoms with Crippen LogP contribution in [-0.4, -0.2) is 61.7 Å². The van der Waals surface area contributed by atoms with E-state index in [1.165, 1.54) is 0 Å². The molecule has 33 heavy (non-hydrogen) atoms. The number of nitro groups is 2. The van der Waals surface area contributed by atoms with Crippen molar-refractivity contribution in [1.29, 1.82) is 0 Å². The minimum atomic E-state index is -0.751. The van der Waals surface area contributed by atoms with Crippen LogP contribution in [0.4, 0.5) is 11.4 Å². The summed E-state index contributed by atoms with van der Waals surface area (Å²) in [5, 5.41) is 22.3. The first kappa shape index (κ1) is 22.7. The maximum absolute atomic E-state index is 13.3. The zero-order chi connectivity index (χ0) is 23.8. The number of non-ortho nitro benzene ring substituents is 2. The summed E-state index contributed by atoms with van der Waals surface area (Å²) in [6.45, 7) is 3.23. The molecule has 2 aromatic rings. The second-order valence-electron chi connectivity index (χ2n) is 8.11. The van der Waals surface area contributed by atoms with Gasteiger partial charge in [-0.15, -0.1) is 11.8 Å². The van der Waals surface area contributed by atoms with Crippen molar-refractivity contribution in [3.8, 4) is 0 Å². The molecule has 0 saturated carbocycles. The fourth-order valence-electron chi connectivity index (χ4n) is 4.44. The lowest BCUT2D eigenvalue weighted by Crippen LogP contribution is -2.53. The van der Waals surface area contributed by atoms with Gasteiger partial charge in [-0.2, -0.15) is 0 Å². The molecule has 10 nitrogen and oxygen atoms in total. The van der Waals surface area contributed by atoms with E-state index in [1.54, 1.807) is 16.7 Å². The fraction of sp³-hybridized carbons (Fsp3) is 0.364. The number of rotatable bonds is 4. The standard InChI is InChI=1S/C22H22N4O6S/c1-15-4-2-3-5-19(15)21(28)24-10-11-33-22(24)6-8-23(9-7-22)20(27)16-12-17(25(29)30)14-18(13-16)26(31)32/h2-5,12-14H,6-11H2,1H3. The molecular formula is C22H22N4O6S. The first-order valence-electron chi connectivity index (χ1n) is 10.5. The lowest BCUT2D eigenvalue weighted by Gasteiger charge is -2.44. The number of hydrogen-bond acceptors (Lipinski definition) is 7. The highest BCUT2D eigenvalue weighted by molar-refractivity contribution is 8.00. The van der Waals surface area contributed by atoms with E-state index in [-0.39, 0.29) is 11.5 Å². The second kappa shape index (κ2) is 8.81. The van der Waals surface area contributed by atoms with Gasteiger partial charge < -0.3 is 9.80 Å². The van der Waals surface area contributed by atoms with E-state index in [2.05, 4.69) is 0 Å². The third-order valence-corrected chi connectivity index (χ3v) is 7.75. The normalized spacial score (nSPS) is 17.2. The van der Waals surface area contributed by atoms with Crippen LogP contribution in [0.25, 0.3) is 0 Å². The molecule has 172 valence electrons. The molecule has 2 aromatic carbocycles. The maximum Gasteiger partial charge on any atom is 0.277 e. The molecule has 2 saturated heterocycles. The van der Waals surface area contributed by atoms with E-state index in [1.807, 2.05) is 36.1 Å². The van der Waals surface area contributed by atoms with Gasteiger partial charge in [0, 0.05) is 43.1 Å². The SMILES string of the molecule is Cc1ccccc1C(=O)N1CCSC12CCN(C(=O)c1cc([N+](=O)[O-])cc([N+](=O)[O-])c1)CC2. The van der Waals surface area contributed by atoms with Crippen molar-refractivity contribution >= 4 is 35.0 Å². The molecule has 0 unspecified atom stereocenters. The molecular weight excluding hydrogens is 448 g/mol. The average Bonchev–Trinajstić information content (AvgIpc) is 3.21. The highest BCUT2D eigenvalue weighted by Gasteiger charge is 2.47. The molecule has 2 aliphatic rings. The predicted molar refractivity (Wildman–Crippen MR) is 122 cm³/mol. The Morgan fingerprint density at radius 1 is 0.939 bits per heavy atom. The van der Waals surface area contributed by atoms with Crippen molar-refractivity contribution < 1.29 is 19.4 Å². The average molecular weight is 471 g/mol. The summed E-state index contributed by atoms with van der Waals surface area (Å²) in [4.78, 5) is 50.2. The third kappa shape index (κ3) is 4.28. The van der Waals surface area contributed by atoms with Gasteiger partial charge in [0.25, 0.3) is 23.2 Å². The summed E-state index contributed by atoms with van der Waals surface area (Å²) < 4.78 is 0. The van der Waals surface area contributed by atoms with Crippen LogP contribution in [0, 0.1) is 27.2 Å². The maximum atomic E-state index is 13.3. The van der Waals surface area contributed by atoms with Crippen LogP contribution < -0.4 is 0 Å².